The predicted molar refractivity (Wildman–Crippen MR) is 152 cm³/mol. The minimum Gasteiger partial charge on any atom is -0.385 e. The van der Waals surface area contributed by atoms with Crippen molar-refractivity contribution in [2.75, 3.05) is 13.1 Å². The van der Waals surface area contributed by atoms with Gasteiger partial charge in [0.05, 0.1) is 23.3 Å². The second-order valence-corrected chi connectivity index (χ2v) is 13.1. The first-order valence-corrected chi connectivity index (χ1v) is 15.5. The highest BCUT2D eigenvalue weighted by Crippen LogP contribution is 2.48. The summed E-state index contributed by atoms with van der Waals surface area (Å²) in [6.45, 7) is 1.38. The maximum Gasteiger partial charge on any atom is 0.436 e. The lowest BCUT2D eigenvalue weighted by atomic mass is 9.80. The molecule has 14 heteroatoms. The van der Waals surface area contributed by atoms with Gasteiger partial charge in [-0.15, -0.1) is 0 Å². The molecule has 3 atom stereocenters. The number of sulfonamides is 1. The number of aliphatic hydroxyl groups is 1. The molecule has 0 aliphatic heterocycles. The number of halogens is 4. The number of aliphatic hydroxyl groups excluding tert-OH is 1. The Balaban J connectivity index is 1.34. The smallest absolute Gasteiger partial charge is 0.385 e. The summed E-state index contributed by atoms with van der Waals surface area (Å²) in [6, 6.07) is 10.8. The van der Waals surface area contributed by atoms with Crippen LogP contribution in [0.5, 0.6) is 0 Å². The zero-order chi connectivity index (χ0) is 31.4. The van der Waals surface area contributed by atoms with E-state index < -0.39 is 39.4 Å². The number of aromatic nitrogens is 5. The fraction of sp³-hybridized carbons (Fsp3) is 0.367. The van der Waals surface area contributed by atoms with E-state index in [-0.39, 0.29) is 29.9 Å². The molecule has 44 heavy (non-hydrogen) atoms. The average Bonchev–Trinajstić information content (AvgIpc) is 3.71. The van der Waals surface area contributed by atoms with E-state index in [2.05, 4.69) is 15.2 Å². The number of benzene rings is 1. The third-order valence-electron chi connectivity index (χ3n) is 8.44. The predicted octanol–water partition coefficient (Wildman–Crippen LogP) is 4.95. The highest BCUT2D eigenvalue weighted by Gasteiger charge is 2.45. The van der Waals surface area contributed by atoms with Gasteiger partial charge >= 0.3 is 6.18 Å². The Morgan fingerprint density at radius 1 is 1.16 bits per heavy atom. The largest absolute Gasteiger partial charge is 0.436 e. The van der Waals surface area contributed by atoms with Gasteiger partial charge in [0.25, 0.3) is 0 Å². The first-order chi connectivity index (χ1) is 20.8. The quantitative estimate of drug-likeness (QED) is 0.218. The molecule has 1 unspecified atom stereocenters. The Morgan fingerprint density at radius 2 is 1.91 bits per heavy atom. The van der Waals surface area contributed by atoms with Crippen molar-refractivity contribution in [3.63, 3.8) is 0 Å². The van der Waals surface area contributed by atoms with Crippen LogP contribution in [0.2, 0.25) is 0 Å². The molecule has 0 fully saturated rings. The van der Waals surface area contributed by atoms with Gasteiger partial charge in [0.1, 0.15) is 16.8 Å². The summed E-state index contributed by atoms with van der Waals surface area (Å²) < 4.78 is 86.7. The number of rotatable bonds is 8. The van der Waals surface area contributed by atoms with Crippen molar-refractivity contribution in [3.8, 4) is 5.69 Å². The molecule has 1 N–H and O–H groups in total. The molecule has 0 bridgehead atoms. The third kappa shape index (κ3) is 5.46. The van der Waals surface area contributed by atoms with Crippen LogP contribution in [-0.4, -0.2) is 55.5 Å². The van der Waals surface area contributed by atoms with Crippen molar-refractivity contribution in [3.05, 3.63) is 101 Å². The molecule has 0 radical (unpaired) electrons. The highest BCUT2D eigenvalue weighted by molar-refractivity contribution is 7.89. The molecule has 4 aromatic rings. The maximum absolute atomic E-state index is 14.0. The summed E-state index contributed by atoms with van der Waals surface area (Å²) in [6.07, 6.45) is -0.504. The van der Waals surface area contributed by atoms with E-state index in [1.54, 1.807) is 35.1 Å². The number of pyridine rings is 1. The van der Waals surface area contributed by atoms with Crippen molar-refractivity contribution in [2.45, 2.75) is 49.3 Å². The van der Waals surface area contributed by atoms with Gasteiger partial charge < -0.3 is 5.11 Å². The van der Waals surface area contributed by atoms with Crippen LogP contribution in [-0.2, 0) is 29.7 Å². The second kappa shape index (κ2) is 11.2. The molecule has 1 aromatic carbocycles. The van der Waals surface area contributed by atoms with Crippen molar-refractivity contribution in [1.29, 1.82) is 0 Å². The zero-order valence-electron chi connectivity index (χ0n) is 23.9. The number of hydrogen-bond donors (Lipinski definition) is 1. The highest BCUT2D eigenvalue weighted by atomic mass is 32.2. The standard InChI is InChI=1S/C30H30F4N6O3S/c1-18-23-14-36-40(22-10-8-21(31)9-11-22)25(23)13-19-6-7-20(28(18)19)15-39(16-26(41)24-5-3-4-12-35-24)44(42,43)27-17-38(2)37-29(27)30(32,33)34/h3-5,8-12,14,17-18,20,26,41H,6-7,13,15-16H2,1-2H3/t18-,20+,26?/m0/s1. The molecule has 0 spiro atoms. The minimum atomic E-state index is -5.00. The van der Waals surface area contributed by atoms with Crippen LogP contribution in [0.1, 0.15) is 54.4 Å². The summed E-state index contributed by atoms with van der Waals surface area (Å²) in [5, 5.41) is 19.0. The van der Waals surface area contributed by atoms with Gasteiger partial charge in [-0.05, 0) is 55.2 Å². The number of hydrogen-bond acceptors (Lipinski definition) is 6. The number of aryl methyl sites for hydroxylation is 1. The molecule has 3 aromatic heterocycles. The SMILES string of the molecule is C[C@@H]1C2=C(CC[C@@H]2CN(CC(O)c2ccccn2)S(=O)(=O)c2cn(C)nc2C(F)(F)F)Cc2c1cnn2-c1ccc(F)cc1. The van der Waals surface area contributed by atoms with Crippen LogP contribution in [0.25, 0.3) is 5.69 Å². The molecule has 2 aliphatic carbocycles. The Hall–Kier alpha value is -3.88. The lowest BCUT2D eigenvalue weighted by Crippen LogP contribution is -2.39. The van der Waals surface area contributed by atoms with Crippen molar-refractivity contribution >= 4 is 10.0 Å². The molecule has 0 amide bonds. The van der Waals surface area contributed by atoms with Gasteiger partial charge in [0, 0.05) is 50.4 Å². The van der Waals surface area contributed by atoms with E-state index in [1.807, 2.05) is 6.92 Å². The van der Waals surface area contributed by atoms with Gasteiger partial charge in [-0.3, -0.25) is 9.67 Å². The summed E-state index contributed by atoms with van der Waals surface area (Å²) in [5.41, 5.74) is 3.48. The molecule has 0 saturated heterocycles. The van der Waals surface area contributed by atoms with E-state index in [4.69, 9.17) is 0 Å². The van der Waals surface area contributed by atoms with Gasteiger partial charge in [-0.1, -0.05) is 24.1 Å². The van der Waals surface area contributed by atoms with Crippen LogP contribution in [0.4, 0.5) is 17.6 Å². The van der Waals surface area contributed by atoms with Crippen molar-refractivity contribution < 1.29 is 31.1 Å². The topological polar surface area (TPSA) is 106 Å². The monoisotopic (exact) mass is 630 g/mol. The van der Waals surface area contributed by atoms with Gasteiger partial charge in [-0.25, -0.2) is 17.5 Å². The first kappa shape index (κ1) is 30.2. The van der Waals surface area contributed by atoms with E-state index in [0.29, 0.717) is 19.3 Å². The lowest BCUT2D eigenvalue weighted by molar-refractivity contribution is -0.143. The Kier molecular flexibility index (Phi) is 7.70. The summed E-state index contributed by atoms with van der Waals surface area (Å²) in [7, 11) is -3.54. The summed E-state index contributed by atoms with van der Waals surface area (Å²) in [4.78, 5) is 3.14. The maximum atomic E-state index is 14.0. The van der Waals surface area contributed by atoms with Crippen molar-refractivity contribution in [1.82, 2.24) is 28.9 Å². The van der Waals surface area contributed by atoms with Gasteiger partial charge in [0.15, 0.2) is 5.69 Å². The molecule has 232 valence electrons. The molecule has 6 rings (SSSR count). The van der Waals surface area contributed by atoms with Gasteiger partial charge in [-0.2, -0.15) is 27.7 Å². The van der Waals surface area contributed by atoms with E-state index in [1.165, 1.54) is 31.4 Å². The second-order valence-electron chi connectivity index (χ2n) is 11.2. The van der Waals surface area contributed by atoms with E-state index in [9.17, 15) is 31.1 Å². The van der Waals surface area contributed by atoms with Crippen LogP contribution >= 0.6 is 0 Å². The van der Waals surface area contributed by atoms with Crippen LogP contribution < -0.4 is 0 Å². The molecule has 2 aliphatic rings. The molecular formula is C30H30F4N6O3S. The number of allylic oxidation sites excluding steroid dienone is 1. The summed E-state index contributed by atoms with van der Waals surface area (Å²) in [5.74, 6) is -0.794. The molecule has 0 saturated carbocycles. The minimum absolute atomic E-state index is 0.134. The molecule has 3 heterocycles. The van der Waals surface area contributed by atoms with Crippen LogP contribution in [0.15, 0.2) is 77.1 Å². The lowest BCUT2D eigenvalue weighted by Gasteiger charge is -2.31. The van der Waals surface area contributed by atoms with Crippen molar-refractivity contribution in [2.24, 2.45) is 13.0 Å². The molecule has 9 nitrogen and oxygen atoms in total. The Labute approximate surface area is 251 Å². The fourth-order valence-corrected chi connectivity index (χ4v) is 8.12. The van der Waals surface area contributed by atoms with E-state index in [0.717, 1.165) is 43.3 Å². The first-order valence-electron chi connectivity index (χ1n) is 14.1. The van der Waals surface area contributed by atoms with Crippen LogP contribution in [0.3, 0.4) is 0 Å². The Bertz CT molecular complexity index is 1820. The number of fused-ring (bicyclic) bond motifs is 1. The van der Waals surface area contributed by atoms with E-state index >= 15 is 0 Å². The average molecular weight is 631 g/mol. The number of alkyl halides is 3. The normalized spacial score (nSPS) is 19.4. The third-order valence-corrected chi connectivity index (χ3v) is 10.3. The molecular weight excluding hydrogens is 600 g/mol. The summed E-state index contributed by atoms with van der Waals surface area (Å²) >= 11 is 0. The zero-order valence-corrected chi connectivity index (χ0v) is 24.7. The fourth-order valence-electron chi connectivity index (χ4n) is 6.44. The van der Waals surface area contributed by atoms with Gasteiger partial charge in [0.2, 0.25) is 10.0 Å². The number of nitrogens with zero attached hydrogens (tertiary/aromatic N) is 6. The Morgan fingerprint density at radius 3 is 2.59 bits per heavy atom. The van der Waals surface area contributed by atoms with Crippen LogP contribution in [0, 0.1) is 11.7 Å².